The maximum Gasteiger partial charge on any atom is 0.306 e. The fraction of sp³-hybridized carbons (Fsp3) is 0.889. The largest absolute Gasteiger partial charge is 0.462 e. The lowest BCUT2D eigenvalue weighted by atomic mass is 10.00. The number of ketones is 1. The first kappa shape index (κ1) is 18.4. The molecule has 5 heteroatoms. The van der Waals surface area contributed by atoms with Gasteiger partial charge in [0, 0.05) is 12.8 Å². The smallest absolute Gasteiger partial charge is 0.306 e. The van der Waals surface area contributed by atoms with Crippen LogP contribution in [0.25, 0.3) is 0 Å². The van der Waals surface area contributed by atoms with Crippen LogP contribution in [-0.4, -0.2) is 34.9 Å². The van der Waals surface area contributed by atoms with Crippen LogP contribution >= 0.6 is 0 Å². The van der Waals surface area contributed by atoms with E-state index in [0.29, 0.717) is 0 Å². The topological polar surface area (TPSA) is 72.8 Å². The zero-order chi connectivity index (χ0) is 16.7. The summed E-state index contributed by atoms with van der Waals surface area (Å²) in [5, 5.41) is 10.3. The number of fused-ring (bicyclic) bond motifs is 2. The minimum absolute atomic E-state index is 0.00282. The summed E-state index contributed by atoms with van der Waals surface area (Å²) in [4.78, 5) is 24.0. The summed E-state index contributed by atoms with van der Waals surface area (Å²) >= 11 is 0. The van der Waals surface area contributed by atoms with E-state index in [9.17, 15) is 14.7 Å². The van der Waals surface area contributed by atoms with Gasteiger partial charge in [0.25, 0.3) is 0 Å². The number of esters is 1. The summed E-state index contributed by atoms with van der Waals surface area (Å²) in [5.74, 6) is -2.42. The molecular formula is C18H30O5. The van der Waals surface area contributed by atoms with E-state index in [1.165, 1.54) is 0 Å². The van der Waals surface area contributed by atoms with Gasteiger partial charge in [0.1, 0.15) is 6.10 Å². The first-order chi connectivity index (χ1) is 11.0. The Morgan fingerprint density at radius 1 is 1.17 bits per heavy atom. The minimum Gasteiger partial charge on any atom is -0.462 e. The van der Waals surface area contributed by atoms with Crippen molar-refractivity contribution >= 4 is 11.8 Å². The molecule has 0 aromatic heterocycles. The quantitative estimate of drug-likeness (QED) is 0.634. The Bertz CT molecular complexity index is 408. The summed E-state index contributed by atoms with van der Waals surface area (Å²) in [6.45, 7) is 2.16. The van der Waals surface area contributed by atoms with Crippen molar-refractivity contribution in [3.63, 3.8) is 0 Å². The van der Waals surface area contributed by atoms with Crippen LogP contribution < -0.4 is 0 Å². The number of cyclic esters (lactones) is 1. The summed E-state index contributed by atoms with van der Waals surface area (Å²) in [7, 11) is 0. The van der Waals surface area contributed by atoms with E-state index < -0.39 is 5.79 Å². The Morgan fingerprint density at radius 2 is 1.96 bits per heavy atom. The number of carbonyl (C=O) groups is 2. The zero-order valence-electron chi connectivity index (χ0n) is 14.2. The second-order valence-electron chi connectivity index (χ2n) is 6.90. The van der Waals surface area contributed by atoms with Gasteiger partial charge in [-0.3, -0.25) is 9.59 Å². The number of Topliss-reactive ketones (excluding diaryl/α,β-unsaturated/α-hetero) is 1. The van der Waals surface area contributed by atoms with Crippen LogP contribution in [0.5, 0.6) is 0 Å². The molecule has 1 N–H and O–H groups in total. The van der Waals surface area contributed by atoms with Crippen LogP contribution in [0.4, 0.5) is 0 Å². The van der Waals surface area contributed by atoms with E-state index in [0.717, 1.165) is 57.8 Å². The van der Waals surface area contributed by atoms with Gasteiger partial charge in [-0.2, -0.15) is 0 Å². The fourth-order valence-corrected chi connectivity index (χ4v) is 3.43. The molecule has 0 amide bonds. The zero-order valence-corrected chi connectivity index (χ0v) is 14.2. The monoisotopic (exact) mass is 326 g/mol. The molecule has 0 spiro atoms. The average Bonchev–Trinajstić information content (AvgIpc) is 2.80. The number of ether oxygens (including phenoxy) is 2. The number of carbonyl (C=O) groups excluding carboxylic acids is 2. The molecule has 0 aromatic rings. The summed E-state index contributed by atoms with van der Waals surface area (Å²) in [6.07, 6.45) is 9.06. The van der Waals surface area contributed by atoms with Crippen molar-refractivity contribution in [1.29, 1.82) is 0 Å². The van der Waals surface area contributed by atoms with Crippen molar-refractivity contribution in [3.8, 4) is 0 Å². The van der Waals surface area contributed by atoms with Crippen molar-refractivity contribution in [2.45, 2.75) is 102 Å². The molecule has 2 bridgehead atoms. The highest BCUT2D eigenvalue weighted by Gasteiger charge is 2.46. The lowest BCUT2D eigenvalue weighted by molar-refractivity contribution is -0.200. The Kier molecular flexibility index (Phi) is 7.03. The van der Waals surface area contributed by atoms with E-state index in [1.54, 1.807) is 0 Å². The molecule has 0 aliphatic carbocycles. The third-order valence-electron chi connectivity index (χ3n) is 4.86. The number of hydrogen-bond acceptors (Lipinski definition) is 5. The van der Waals surface area contributed by atoms with Crippen molar-refractivity contribution in [2.75, 3.05) is 0 Å². The highest BCUT2D eigenvalue weighted by atomic mass is 16.6. The van der Waals surface area contributed by atoms with Crippen molar-refractivity contribution < 1.29 is 24.2 Å². The molecular weight excluding hydrogens is 296 g/mol. The standard InChI is InChI=1S/C18H30O5/c1-2-3-5-8-14-9-6-4-7-10-15-13-16(19)18(21,23-15)12-11-17(20)22-14/h14-15,21H,2-13H2,1H3/t14-,15+,18?/m0/s1. The van der Waals surface area contributed by atoms with E-state index >= 15 is 0 Å². The van der Waals surface area contributed by atoms with Crippen LogP contribution in [0.2, 0.25) is 0 Å². The molecule has 132 valence electrons. The van der Waals surface area contributed by atoms with Crippen LogP contribution in [0.3, 0.4) is 0 Å². The predicted octanol–water partition coefficient (Wildman–Crippen LogP) is 3.27. The second kappa shape index (κ2) is 8.78. The Morgan fingerprint density at radius 3 is 2.74 bits per heavy atom. The minimum atomic E-state index is -1.78. The van der Waals surface area contributed by atoms with Gasteiger partial charge in [0.15, 0.2) is 5.78 Å². The molecule has 3 atom stereocenters. The van der Waals surface area contributed by atoms with Gasteiger partial charge < -0.3 is 14.6 Å². The molecule has 2 heterocycles. The van der Waals surface area contributed by atoms with Crippen LogP contribution in [-0.2, 0) is 19.1 Å². The van der Waals surface area contributed by atoms with Crippen molar-refractivity contribution in [3.05, 3.63) is 0 Å². The van der Waals surface area contributed by atoms with Gasteiger partial charge in [-0.05, 0) is 32.1 Å². The molecule has 2 fully saturated rings. The molecule has 2 aliphatic heterocycles. The Hall–Kier alpha value is -0.940. The second-order valence-corrected chi connectivity index (χ2v) is 6.90. The van der Waals surface area contributed by atoms with E-state index in [2.05, 4.69) is 6.92 Å². The predicted molar refractivity (Wildman–Crippen MR) is 85.8 cm³/mol. The highest BCUT2D eigenvalue weighted by molar-refractivity contribution is 5.88. The number of rotatable bonds is 4. The van der Waals surface area contributed by atoms with E-state index in [1.807, 2.05) is 0 Å². The van der Waals surface area contributed by atoms with E-state index in [-0.39, 0.29) is 43.2 Å². The summed E-state index contributed by atoms with van der Waals surface area (Å²) in [6, 6.07) is 0. The maximum absolute atomic E-state index is 12.1. The van der Waals surface area contributed by atoms with Crippen molar-refractivity contribution in [2.24, 2.45) is 0 Å². The van der Waals surface area contributed by atoms with Crippen LogP contribution in [0.15, 0.2) is 0 Å². The SMILES string of the molecule is CCCCC[C@H]1CCCCC[C@@H]2CC(=O)C(O)(CCC(=O)O1)O2. The molecule has 2 saturated heterocycles. The molecule has 0 aromatic carbocycles. The highest BCUT2D eigenvalue weighted by Crippen LogP contribution is 2.32. The average molecular weight is 326 g/mol. The summed E-state index contributed by atoms with van der Waals surface area (Å²) < 4.78 is 11.1. The lowest BCUT2D eigenvalue weighted by Gasteiger charge is -2.22. The Balaban J connectivity index is 1.93. The Labute approximate surface area is 138 Å². The van der Waals surface area contributed by atoms with Gasteiger partial charge in [-0.15, -0.1) is 0 Å². The van der Waals surface area contributed by atoms with Gasteiger partial charge in [0.05, 0.1) is 12.5 Å². The number of unbranched alkanes of at least 4 members (excludes halogenated alkanes) is 2. The maximum atomic E-state index is 12.1. The van der Waals surface area contributed by atoms with Gasteiger partial charge >= 0.3 is 5.97 Å². The first-order valence-electron chi connectivity index (χ1n) is 9.16. The number of hydrogen-bond donors (Lipinski definition) is 1. The van der Waals surface area contributed by atoms with Crippen molar-refractivity contribution in [1.82, 2.24) is 0 Å². The summed E-state index contributed by atoms with van der Waals surface area (Å²) in [5.41, 5.74) is 0. The lowest BCUT2D eigenvalue weighted by Crippen LogP contribution is -2.36. The first-order valence-corrected chi connectivity index (χ1v) is 9.16. The molecule has 0 saturated carbocycles. The molecule has 1 unspecified atom stereocenters. The molecule has 23 heavy (non-hydrogen) atoms. The third-order valence-corrected chi connectivity index (χ3v) is 4.86. The van der Waals surface area contributed by atoms with Crippen LogP contribution in [0, 0.1) is 0 Å². The fourth-order valence-electron chi connectivity index (χ4n) is 3.43. The van der Waals surface area contributed by atoms with Gasteiger partial charge in [0.2, 0.25) is 5.79 Å². The van der Waals surface area contributed by atoms with Gasteiger partial charge in [-0.25, -0.2) is 0 Å². The normalized spacial score (nSPS) is 33.5. The van der Waals surface area contributed by atoms with E-state index in [4.69, 9.17) is 9.47 Å². The molecule has 0 radical (unpaired) electrons. The van der Waals surface area contributed by atoms with Gasteiger partial charge in [-0.1, -0.05) is 32.6 Å². The molecule has 5 nitrogen and oxygen atoms in total. The number of aliphatic hydroxyl groups is 1. The van der Waals surface area contributed by atoms with Crippen LogP contribution in [0.1, 0.15) is 84.0 Å². The third kappa shape index (κ3) is 5.57. The molecule has 2 aliphatic rings. The molecule has 2 rings (SSSR count).